The predicted octanol–water partition coefficient (Wildman–Crippen LogP) is 5.29. The van der Waals surface area contributed by atoms with Gasteiger partial charge in [0.15, 0.2) is 0 Å². The van der Waals surface area contributed by atoms with Crippen LogP contribution in [0, 0.1) is 0 Å². The summed E-state index contributed by atoms with van der Waals surface area (Å²) in [6.45, 7) is 4.97. The summed E-state index contributed by atoms with van der Waals surface area (Å²) in [5.74, 6) is 0.342. The van der Waals surface area contributed by atoms with Gasteiger partial charge in [0.05, 0.1) is 23.2 Å². The maximum Gasteiger partial charge on any atom is 0.254 e. The van der Waals surface area contributed by atoms with E-state index in [2.05, 4.69) is 4.57 Å². The first-order chi connectivity index (χ1) is 16.3. The summed E-state index contributed by atoms with van der Waals surface area (Å²) in [7, 11) is 1.63. The Hall–Kier alpha value is -2.96. The Morgan fingerprint density at radius 3 is 2.56 bits per heavy atom. The fraction of sp³-hybridized carbons (Fsp3) is 0.308. The Morgan fingerprint density at radius 2 is 1.85 bits per heavy atom. The number of carbonyl (C=O) groups excluding carboxylic acids is 2. The van der Waals surface area contributed by atoms with Crippen molar-refractivity contribution in [1.82, 2.24) is 14.4 Å². The molecular formula is C26H27Cl2N3O3. The molecule has 0 saturated heterocycles. The van der Waals surface area contributed by atoms with Gasteiger partial charge in [0.25, 0.3) is 5.91 Å². The second kappa shape index (κ2) is 10.1. The van der Waals surface area contributed by atoms with E-state index in [1.165, 1.54) is 0 Å². The second-order valence-electron chi connectivity index (χ2n) is 8.55. The normalized spacial score (nSPS) is 15.2. The second-order valence-corrected chi connectivity index (χ2v) is 9.36. The summed E-state index contributed by atoms with van der Waals surface area (Å²) in [5, 5.41) is 0.681. The van der Waals surface area contributed by atoms with Gasteiger partial charge < -0.3 is 19.1 Å². The molecule has 2 amide bonds. The highest BCUT2D eigenvalue weighted by molar-refractivity contribution is 6.42. The van der Waals surface area contributed by atoms with E-state index < -0.39 is 0 Å². The van der Waals surface area contributed by atoms with Gasteiger partial charge >= 0.3 is 0 Å². The van der Waals surface area contributed by atoms with Crippen molar-refractivity contribution in [2.45, 2.75) is 32.5 Å². The monoisotopic (exact) mass is 499 g/mol. The van der Waals surface area contributed by atoms with Gasteiger partial charge in [-0.3, -0.25) is 9.59 Å². The molecule has 34 heavy (non-hydrogen) atoms. The molecule has 1 unspecified atom stereocenters. The lowest BCUT2D eigenvalue weighted by Gasteiger charge is -2.39. The van der Waals surface area contributed by atoms with Crippen molar-refractivity contribution >= 4 is 35.0 Å². The lowest BCUT2D eigenvalue weighted by atomic mass is 9.99. The molecule has 6 nitrogen and oxygen atoms in total. The summed E-state index contributed by atoms with van der Waals surface area (Å²) in [6, 6.07) is 16.1. The lowest BCUT2D eigenvalue weighted by molar-refractivity contribution is -0.135. The maximum atomic E-state index is 13.7. The van der Waals surface area contributed by atoms with E-state index in [0.29, 0.717) is 28.7 Å². The molecule has 1 aliphatic rings. The van der Waals surface area contributed by atoms with Gasteiger partial charge in [-0.15, -0.1) is 0 Å². The van der Waals surface area contributed by atoms with Crippen LogP contribution in [0.25, 0.3) is 0 Å². The standard InChI is InChI=1S/C26H27Cl2N3O3/c1-17(2)31(26(33)19-9-10-21(27)22(28)15-19)16-24(32)30-13-12-29-11-5-8-23(29)25(30)18-6-4-7-20(14-18)34-3/h4-11,14-15,17,25H,12-13,16H2,1-3H3. The highest BCUT2D eigenvalue weighted by atomic mass is 35.5. The predicted molar refractivity (Wildman–Crippen MR) is 134 cm³/mol. The SMILES string of the molecule is COc1cccc(C2c3cccn3CCN2C(=O)CN(C(=O)c2ccc(Cl)c(Cl)c2)C(C)C)c1. The number of hydrogen-bond acceptors (Lipinski definition) is 3. The van der Waals surface area contributed by atoms with Crippen LogP contribution >= 0.6 is 23.2 Å². The van der Waals surface area contributed by atoms with Gasteiger partial charge in [-0.2, -0.15) is 0 Å². The quantitative estimate of drug-likeness (QED) is 0.463. The lowest BCUT2D eigenvalue weighted by Crippen LogP contribution is -2.49. The van der Waals surface area contributed by atoms with Gasteiger partial charge in [0.2, 0.25) is 5.91 Å². The van der Waals surface area contributed by atoms with Gasteiger partial charge in [-0.25, -0.2) is 0 Å². The average molecular weight is 500 g/mol. The molecule has 0 spiro atoms. The molecule has 1 aliphatic heterocycles. The van der Waals surface area contributed by atoms with Gasteiger partial charge in [-0.1, -0.05) is 35.3 Å². The highest BCUT2D eigenvalue weighted by Crippen LogP contribution is 2.34. The van der Waals surface area contributed by atoms with Crippen molar-refractivity contribution in [3.05, 3.63) is 87.7 Å². The van der Waals surface area contributed by atoms with Crippen LogP contribution in [0.2, 0.25) is 10.0 Å². The number of rotatable bonds is 6. The summed E-state index contributed by atoms with van der Waals surface area (Å²) in [4.78, 5) is 30.4. The molecule has 2 heterocycles. The fourth-order valence-corrected chi connectivity index (χ4v) is 4.63. The molecule has 4 rings (SSSR count). The number of aromatic nitrogens is 1. The van der Waals surface area contributed by atoms with Gasteiger partial charge in [0, 0.05) is 36.6 Å². The van der Waals surface area contributed by atoms with Crippen LogP contribution in [-0.2, 0) is 11.3 Å². The van der Waals surface area contributed by atoms with Crippen LogP contribution in [0.15, 0.2) is 60.8 Å². The number of carbonyl (C=O) groups is 2. The molecule has 0 aliphatic carbocycles. The van der Waals surface area contributed by atoms with Crippen LogP contribution < -0.4 is 4.74 Å². The van der Waals surface area contributed by atoms with Crippen molar-refractivity contribution in [1.29, 1.82) is 0 Å². The molecule has 0 radical (unpaired) electrons. The van der Waals surface area contributed by atoms with Crippen molar-refractivity contribution in [3.8, 4) is 5.75 Å². The first kappa shape index (κ1) is 24.2. The summed E-state index contributed by atoms with van der Waals surface area (Å²) in [5.41, 5.74) is 2.38. The van der Waals surface area contributed by atoms with Crippen molar-refractivity contribution < 1.29 is 14.3 Å². The molecule has 1 aromatic heterocycles. The number of ether oxygens (including phenoxy) is 1. The van der Waals surface area contributed by atoms with Crippen molar-refractivity contribution in [2.24, 2.45) is 0 Å². The molecule has 3 aromatic rings. The third-order valence-corrected chi connectivity index (χ3v) is 6.86. The zero-order valence-electron chi connectivity index (χ0n) is 19.4. The third-order valence-electron chi connectivity index (χ3n) is 6.12. The molecule has 0 fully saturated rings. The van der Waals surface area contributed by atoms with Crippen molar-refractivity contribution in [2.75, 3.05) is 20.2 Å². The van der Waals surface area contributed by atoms with E-state index >= 15 is 0 Å². The molecule has 2 aromatic carbocycles. The minimum Gasteiger partial charge on any atom is -0.497 e. The van der Waals surface area contributed by atoms with Crippen LogP contribution in [0.5, 0.6) is 5.75 Å². The first-order valence-corrected chi connectivity index (χ1v) is 11.9. The molecule has 1 atom stereocenters. The Bertz CT molecular complexity index is 1210. The number of fused-ring (bicyclic) bond motifs is 1. The Kier molecular flexibility index (Phi) is 7.19. The third kappa shape index (κ3) is 4.79. The summed E-state index contributed by atoms with van der Waals surface area (Å²) >= 11 is 12.1. The van der Waals surface area contributed by atoms with Crippen LogP contribution in [-0.4, -0.2) is 52.4 Å². The van der Waals surface area contributed by atoms with E-state index in [1.807, 2.05) is 61.3 Å². The largest absolute Gasteiger partial charge is 0.497 e. The van der Waals surface area contributed by atoms with E-state index in [-0.39, 0.29) is 30.4 Å². The van der Waals surface area contributed by atoms with Crippen LogP contribution in [0.3, 0.4) is 0 Å². The van der Waals surface area contributed by atoms with E-state index in [4.69, 9.17) is 27.9 Å². The Labute approximate surface area is 209 Å². The maximum absolute atomic E-state index is 13.7. The zero-order valence-corrected chi connectivity index (χ0v) is 20.9. The first-order valence-electron chi connectivity index (χ1n) is 11.1. The number of benzene rings is 2. The number of nitrogens with zero attached hydrogens (tertiary/aromatic N) is 3. The van der Waals surface area contributed by atoms with E-state index in [0.717, 1.165) is 17.0 Å². The van der Waals surface area contributed by atoms with Gasteiger partial charge in [0.1, 0.15) is 12.3 Å². The topological polar surface area (TPSA) is 54.8 Å². The van der Waals surface area contributed by atoms with E-state index in [9.17, 15) is 9.59 Å². The number of hydrogen-bond donors (Lipinski definition) is 0. The molecular weight excluding hydrogens is 473 g/mol. The smallest absolute Gasteiger partial charge is 0.254 e. The molecule has 178 valence electrons. The minimum absolute atomic E-state index is 0.0437. The molecule has 8 heteroatoms. The summed E-state index contributed by atoms with van der Waals surface area (Å²) < 4.78 is 7.58. The number of halogens is 2. The van der Waals surface area contributed by atoms with E-state index in [1.54, 1.807) is 30.2 Å². The Morgan fingerprint density at radius 1 is 1.06 bits per heavy atom. The Balaban J connectivity index is 1.64. The average Bonchev–Trinajstić information content (AvgIpc) is 3.31. The van der Waals surface area contributed by atoms with Crippen LogP contribution in [0.4, 0.5) is 0 Å². The molecule has 0 saturated carbocycles. The van der Waals surface area contributed by atoms with Crippen LogP contribution in [0.1, 0.15) is 41.5 Å². The fourth-order valence-electron chi connectivity index (χ4n) is 4.33. The zero-order chi connectivity index (χ0) is 24.4. The number of methoxy groups -OCH3 is 1. The molecule has 0 bridgehead atoms. The van der Waals surface area contributed by atoms with Gasteiger partial charge in [-0.05, 0) is 61.9 Å². The molecule has 0 N–H and O–H groups in total. The minimum atomic E-state index is -0.277. The number of amides is 2. The summed E-state index contributed by atoms with van der Waals surface area (Å²) in [6.07, 6.45) is 2.03. The highest BCUT2D eigenvalue weighted by Gasteiger charge is 2.34. The van der Waals surface area contributed by atoms with Crippen molar-refractivity contribution in [3.63, 3.8) is 0 Å².